The van der Waals surface area contributed by atoms with Gasteiger partial charge in [0.1, 0.15) is 16.2 Å². The van der Waals surface area contributed by atoms with Crippen molar-refractivity contribution in [2.24, 2.45) is 0 Å². The van der Waals surface area contributed by atoms with Crippen LogP contribution >= 0.6 is 11.3 Å². The van der Waals surface area contributed by atoms with Crippen LogP contribution in [0, 0.1) is 6.92 Å². The van der Waals surface area contributed by atoms with Gasteiger partial charge in [0, 0.05) is 43.9 Å². The van der Waals surface area contributed by atoms with Crippen molar-refractivity contribution in [3.8, 4) is 0 Å². The molecule has 0 radical (unpaired) electrons. The zero-order valence-corrected chi connectivity index (χ0v) is 22.1. The SMILES string of the molecule is Cc1ccc(N(C)c2cccc(N(c3cc(CNCC(O)CO)ccn3)c3nc4cccnc4s3)c2)cc1. The highest BCUT2D eigenvalue weighted by Gasteiger charge is 2.20. The lowest BCUT2D eigenvalue weighted by atomic mass is 10.2. The molecule has 1 atom stereocenters. The molecule has 0 saturated heterocycles. The zero-order valence-electron chi connectivity index (χ0n) is 21.3. The minimum atomic E-state index is -0.795. The molecule has 0 aliphatic heterocycles. The van der Waals surface area contributed by atoms with E-state index in [0.717, 1.165) is 43.9 Å². The van der Waals surface area contributed by atoms with Crippen LogP contribution in [0.2, 0.25) is 0 Å². The fourth-order valence-electron chi connectivity index (χ4n) is 4.09. The van der Waals surface area contributed by atoms with Gasteiger partial charge in [0.2, 0.25) is 0 Å². The number of nitrogens with zero attached hydrogens (tertiary/aromatic N) is 5. The van der Waals surface area contributed by atoms with E-state index in [4.69, 9.17) is 15.1 Å². The molecule has 1 unspecified atom stereocenters. The quantitative estimate of drug-likeness (QED) is 0.232. The van der Waals surface area contributed by atoms with Crippen LogP contribution in [-0.4, -0.2) is 51.5 Å². The molecule has 0 aliphatic rings. The van der Waals surface area contributed by atoms with Crippen LogP contribution in [0.15, 0.2) is 85.2 Å². The smallest absolute Gasteiger partial charge is 0.198 e. The van der Waals surface area contributed by atoms with Gasteiger partial charge in [-0.3, -0.25) is 4.90 Å². The number of hydrogen-bond donors (Lipinski definition) is 3. The Balaban J connectivity index is 1.53. The number of anilines is 5. The van der Waals surface area contributed by atoms with E-state index >= 15 is 0 Å². The Labute approximate surface area is 225 Å². The highest BCUT2D eigenvalue weighted by atomic mass is 32.1. The molecule has 0 amide bonds. The van der Waals surface area contributed by atoms with Crippen LogP contribution in [-0.2, 0) is 6.54 Å². The van der Waals surface area contributed by atoms with Gasteiger partial charge in [0.15, 0.2) is 5.13 Å². The Morgan fingerprint density at radius 2 is 1.74 bits per heavy atom. The van der Waals surface area contributed by atoms with E-state index in [0.29, 0.717) is 13.1 Å². The number of benzene rings is 2. The molecule has 9 heteroatoms. The fraction of sp³-hybridized carbons (Fsp3) is 0.207. The van der Waals surface area contributed by atoms with Crippen LogP contribution in [0.5, 0.6) is 0 Å². The number of thiazole rings is 1. The van der Waals surface area contributed by atoms with E-state index in [-0.39, 0.29) is 6.61 Å². The van der Waals surface area contributed by atoms with Crippen LogP contribution < -0.4 is 15.1 Å². The van der Waals surface area contributed by atoms with Gasteiger partial charge in [-0.1, -0.05) is 35.1 Å². The second-order valence-electron chi connectivity index (χ2n) is 9.06. The van der Waals surface area contributed by atoms with Crippen LogP contribution in [0.1, 0.15) is 11.1 Å². The molecule has 3 heterocycles. The van der Waals surface area contributed by atoms with Crippen molar-refractivity contribution in [3.63, 3.8) is 0 Å². The Kier molecular flexibility index (Phi) is 7.90. The zero-order chi connectivity index (χ0) is 26.5. The summed E-state index contributed by atoms with van der Waals surface area (Å²) >= 11 is 1.51. The summed E-state index contributed by atoms with van der Waals surface area (Å²) in [6, 6.07) is 24.5. The van der Waals surface area contributed by atoms with E-state index in [2.05, 4.69) is 71.6 Å². The first-order valence-electron chi connectivity index (χ1n) is 12.4. The first-order valence-corrected chi connectivity index (χ1v) is 13.2. The predicted molar refractivity (Wildman–Crippen MR) is 154 cm³/mol. The number of aliphatic hydroxyl groups excluding tert-OH is 2. The number of aromatic nitrogens is 3. The number of nitrogens with one attached hydrogen (secondary N) is 1. The summed E-state index contributed by atoms with van der Waals surface area (Å²) in [6.07, 6.45) is 2.75. The van der Waals surface area contributed by atoms with Crippen molar-refractivity contribution >= 4 is 49.7 Å². The molecule has 3 aromatic heterocycles. The number of hydrogen-bond acceptors (Lipinski definition) is 9. The van der Waals surface area contributed by atoms with Crippen molar-refractivity contribution in [1.29, 1.82) is 0 Å². The summed E-state index contributed by atoms with van der Waals surface area (Å²) < 4.78 is 0. The van der Waals surface area contributed by atoms with Gasteiger partial charge in [0.05, 0.1) is 18.4 Å². The third-order valence-electron chi connectivity index (χ3n) is 6.20. The summed E-state index contributed by atoms with van der Waals surface area (Å²) in [4.78, 5) is 19.1. The van der Waals surface area contributed by atoms with E-state index in [1.165, 1.54) is 16.9 Å². The summed E-state index contributed by atoms with van der Waals surface area (Å²) in [6.45, 7) is 2.63. The monoisotopic (exact) mass is 526 g/mol. The normalized spacial score (nSPS) is 12.0. The minimum Gasteiger partial charge on any atom is -0.394 e. The molecule has 0 spiro atoms. The van der Waals surface area contributed by atoms with E-state index in [1.807, 2.05) is 35.2 Å². The largest absolute Gasteiger partial charge is 0.394 e. The van der Waals surface area contributed by atoms with E-state index in [1.54, 1.807) is 12.4 Å². The van der Waals surface area contributed by atoms with Gasteiger partial charge < -0.3 is 20.4 Å². The number of rotatable bonds is 10. The number of fused-ring (bicyclic) bond motifs is 1. The summed E-state index contributed by atoms with van der Waals surface area (Å²) in [5, 5.41) is 22.7. The van der Waals surface area contributed by atoms with E-state index < -0.39 is 6.10 Å². The predicted octanol–water partition coefficient (Wildman–Crippen LogP) is 5.08. The molecule has 0 fully saturated rings. The third-order valence-corrected chi connectivity index (χ3v) is 7.17. The molecule has 3 N–H and O–H groups in total. The molecule has 0 aliphatic carbocycles. The Hall–Kier alpha value is -3.89. The average Bonchev–Trinajstić information content (AvgIpc) is 3.37. The summed E-state index contributed by atoms with van der Waals surface area (Å²) in [7, 11) is 2.06. The molecular formula is C29H30N6O2S. The lowest BCUT2D eigenvalue weighted by molar-refractivity contribution is 0.0942. The van der Waals surface area contributed by atoms with Crippen LogP contribution in [0.4, 0.5) is 28.0 Å². The van der Waals surface area contributed by atoms with Crippen molar-refractivity contribution in [3.05, 3.63) is 96.3 Å². The highest BCUT2D eigenvalue weighted by Crippen LogP contribution is 2.39. The topological polar surface area (TPSA) is 97.6 Å². The van der Waals surface area contributed by atoms with Crippen molar-refractivity contribution in [2.45, 2.75) is 19.6 Å². The molecule has 38 heavy (non-hydrogen) atoms. The van der Waals surface area contributed by atoms with Crippen molar-refractivity contribution in [2.75, 3.05) is 30.0 Å². The maximum atomic E-state index is 9.66. The van der Waals surface area contributed by atoms with Gasteiger partial charge in [-0.2, -0.15) is 0 Å². The molecule has 5 aromatic rings. The molecule has 0 bridgehead atoms. The number of aliphatic hydroxyl groups is 2. The summed E-state index contributed by atoms with van der Waals surface area (Å²) in [5.74, 6) is 0.723. The third kappa shape index (κ3) is 5.81. The van der Waals surface area contributed by atoms with Gasteiger partial charge in [-0.25, -0.2) is 15.0 Å². The Morgan fingerprint density at radius 3 is 2.53 bits per heavy atom. The van der Waals surface area contributed by atoms with Gasteiger partial charge in [0.25, 0.3) is 0 Å². The lowest BCUT2D eigenvalue weighted by Crippen LogP contribution is -2.29. The van der Waals surface area contributed by atoms with E-state index in [9.17, 15) is 5.11 Å². The second-order valence-corrected chi connectivity index (χ2v) is 10.0. The lowest BCUT2D eigenvalue weighted by Gasteiger charge is -2.25. The van der Waals surface area contributed by atoms with Gasteiger partial charge >= 0.3 is 0 Å². The number of pyridine rings is 2. The minimum absolute atomic E-state index is 0.276. The summed E-state index contributed by atoms with van der Waals surface area (Å²) in [5.41, 5.74) is 6.11. The van der Waals surface area contributed by atoms with Crippen LogP contribution in [0.3, 0.4) is 0 Å². The standard InChI is InChI=1S/C29H30N6O2S/c1-20-8-10-22(11-9-20)34(2)23-5-3-6-24(16-23)35(29-33-26-7-4-13-32-28(26)38-29)27-15-21(12-14-31-27)17-30-18-25(37)19-36/h3-16,25,30,36-37H,17-19H2,1-2H3. The molecular weight excluding hydrogens is 496 g/mol. The molecule has 2 aromatic carbocycles. The molecule has 5 rings (SSSR count). The van der Waals surface area contributed by atoms with Crippen molar-refractivity contribution in [1.82, 2.24) is 20.3 Å². The molecule has 8 nitrogen and oxygen atoms in total. The molecule has 0 saturated carbocycles. The first-order chi connectivity index (χ1) is 18.5. The molecule has 194 valence electrons. The van der Waals surface area contributed by atoms with Gasteiger partial charge in [-0.05, 0) is 67.1 Å². The maximum absolute atomic E-state index is 9.66. The Bertz CT molecular complexity index is 1470. The number of aryl methyl sites for hydroxylation is 1. The first kappa shape index (κ1) is 25.7. The van der Waals surface area contributed by atoms with Crippen LogP contribution in [0.25, 0.3) is 10.3 Å². The second kappa shape index (κ2) is 11.7. The maximum Gasteiger partial charge on any atom is 0.198 e. The fourth-order valence-corrected chi connectivity index (χ4v) is 5.03. The Morgan fingerprint density at radius 1 is 0.921 bits per heavy atom. The van der Waals surface area contributed by atoms with Gasteiger partial charge in [-0.15, -0.1) is 0 Å². The average molecular weight is 527 g/mol. The highest BCUT2D eigenvalue weighted by molar-refractivity contribution is 7.21. The van der Waals surface area contributed by atoms with Crippen molar-refractivity contribution < 1.29 is 10.2 Å².